The summed E-state index contributed by atoms with van der Waals surface area (Å²) >= 11 is 6.00. The molecule has 0 unspecified atom stereocenters. The number of anilines is 1. The topological polar surface area (TPSA) is 65.1 Å². The van der Waals surface area contributed by atoms with Crippen molar-refractivity contribution in [3.63, 3.8) is 0 Å². The Labute approximate surface area is 121 Å². The predicted molar refractivity (Wildman–Crippen MR) is 76.0 cm³/mol. The minimum Gasteiger partial charge on any atom is -0.368 e. The molecule has 3 rings (SSSR count). The number of amides is 1. The lowest BCUT2D eigenvalue weighted by Crippen LogP contribution is -2.48. The third-order valence-corrected chi connectivity index (χ3v) is 3.61. The first kappa shape index (κ1) is 12.9. The molecule has 1 N–H and O–H groups in total. The molecule has 20 heavy (non-hydrogen) atoms. The Hall–Kier alpha value is -2.08. The van der Waals surface area contributed by atoms with Crippen LogP contribution in [0, 0.1) is 0 Å². The van der Waals surface area contributed by atoms with Gasteiger partial charge in [0, 0.05) is 36.9 Å². The molecule has 1 saturated heterocycles. The Morgan fingerprint density at radius 1 is 1.25 bits per heavy atom. The van der Waals surface area contributed by atoms with Crippen molar-refractivity contribution in [1.29, 1.82) is 0 Å². The molecule has 0 radical (unpaired) electrons. The van der Waals surface area contributed by atoms with E-state index in [2.05, 4.69) is 20.3 Å². The summed E-state index contributed by atoms with van der Waals surface area (Å²) < 4.78 is 0. The summed E-state index contributed by atoms with van der Waals surface area (Å²) in [7, 11) is 0. The maximum absolute atomic E-state index is 12.1. The molecule has 1 aromatic heterocycles. The number of halogens is 1. The number of aromatic amines is 1. The van der Waals surface area contributed by atoms with E-state index in [4.69, 9.17) is 11.6 Å². The normalized spacial score (nSPS) is 15.4. The first-order chi connectivity index (χ1) is 9.74. The van der Waals surface area contributed by atoms with Gasteiger partial charge in [0.2, 0.25) is 0 Å². The van der Waals surface area contributed by atoms with E-state index in [1.54, 1.807) is 4.90 Å². The summed E-state index contributed by atoms with van der Waals surface area (Å²) in [6.45, 7) is 2.89. The quantitative estimate of drug-likeness (QED) is 0.909. The van der Waals surface area contributed by atoms with Crippen LogP contribution >= 0.6 is 11.6 Å². The Bertz CT molecular complexity index is 593. The van der Waals surface area contributed by atoms with Gasteiger partial charge >= 0.3 is 0 Å². The number of nitrogens with one attached hydrogen (secondary N) is 1. The van der Waals surface area contributed by atoms with Gasteiger partial charge in [-0.25, -0.2) is 0 Å². The second-order valence-corrected chi connectivity index (χ2v) is 5.05. The van der Waals surface area contributed by atoms with E-state index >= 15 is 0 Å². The van der Waals surface area contributed by atoms with E-state index in [-0.39, 0.29) is 5.91 Å². The standard InChI is InChI=1S/C13H14ClN5O/c14-10-2-1-3-11(8-10)18-4-6-19(7-5-18)13(20)12-9-15-17-16-12/h1-3,8-9H,4-7H2,(H,15,16,17). The Morgan fingerprint density at radius 2 is 2.05 bits per heavy atom. The van der Waals surface area contributed by atoms with E-state index in [1.807, 2.05) is 24.3 Å². The van der Waals surface area contributed by atoms with E-state index in [1.165, 1.54) is 6.20 Å². The van der Waals surface area contributed by atoms with Crippen LogP contribution < -0.4 is 4.90 Å². The van der Waals surface area contributed by atoms with Gasteiger partial charge in [0.25, 0.3) is 5.91 Å². The molecular weight excluding hydrogens is 278 g/mol. The number of rotatable bonds is 2. The zero-order valence-electron chi connectivity index (χ0n) is 10.8. The largest absolute Gasteiger partial charge is 0.368 e. The highest BCUT2D eigenvalue weighted by atomic mass is 35.5. The monoisotopic (exact) mass is 291 g/mol. The molecule has 1 aliphatic rings. The highest BCUT2D eigenvalue weighted by Crippen LogP contribution is 2.21. The molecule has 7 heteroatoms. The molecule has 0 spiro atoms. The number of piperazine rings is 1. The lowest BCUT2D eigenvalue weighted by atomic mass is 10.2. The lowest BCUT2D eigenvalue weighted by Gasteiger charge is -2.35. The number of carbonyl (C=O) groups is 1. The van der Waals surface area contributed by atoms with Crippen molar-refractivity contribution in [2.24, 2.45) is 0 Å². The third-order valence-electron chi connectivity index (χ3n) is 3.37. The maximum Gasteiger partial charge on any atom is 0.276 e. The van der Waals surface area contributed by atoms with Crippen molar-refractivity contribution in [3.05, 3.63) is 41.2 Å². The van der Waals surface area contributed by atoms with Crippen LogP contribution in [0.25, 0.3) is 0 Å². The maximum atomic E-state index is 12.1. The Morgan fingerprint density at radius 3 is 2.70 bits per heavy atom. The first-order valence-corrected chi connectivity index (χ1v) is 6.77. The number of nitrogens with zero attached hydrogens (tertiary/aromatic N) is 4. The molecule has 2 heterocycles. The average molecular weight is 292 g/mol. The van der Waals surface area contributed by atoms with Crippen molar-refractivity contribution in [3.8, 4) is 0 Å². The number of carbonyl (C=O) groups excluding carboxylic acids is 1. The fraction of sp³-hybridized carbons (Fsp3) is 0.308. The van der Waals surface area contributed by atoms with Crippen LogP contribution in [-0.2, 0) is 0 Å². The summed E-state index contributed by atoms with van der Waals surface area (Å²) in [5.41, 5.74) is 1.45. The minimum absolute atomic E-state index is 0.0792. The molecule has 0 saturated carbocycles. The molecule has 6 nitrogen and oxygen atoms in total. The van der Waals surface area contributed by atoms with Crippen LogP contribution in [0.4, 0.5) is 5.69 Å². The molecule has 2 aromatic rings. The fourth-order valence-corrected chi connectivity index (χ4v) is 2.49. The molecule has 1 aliphatic heterocycles. The van der Waals surface area contributed by atoms with Gasteiger partial charge in [0.1, 0.15) is 0 Å². The number of H-pyrrole nitrogens is 1. The predicted octanol–water partition coefficient (Wildman–Crippen LogP) is 1.42. The van der Waals surface area contributed by atoms with Crippen molar-refractivity contribution < 1.29 is 4.79 Å². The fourth-order valence-electron chi connectivity index (χ4n) is 2.31. The smallest absolute Gasteiger partial charge is 0.276 e. The van der Waals surface area contributed by atoms with Gasteiger partial charge in [0.05, 0.1) is 6.20 Å². The Kier molecular flexibility index (Phi) is 3.56. The van der Waals surface area contributed by atoms with Crippen LogP contribution in [0.5, 0.6) is 0 Å². The van der Waals surface area contributed by atoms with Gasteiger partial charge in [0.15, 0.2) is 5.69 Å². The van der Waals surface area contributed by atoms with E-state index < -0.39 is 0 Å². The molecule has 0 atom stereocenters. The molecular formula is C13H14ClN5O. The highest BCUT2D eigenvalue weighted by Gasteiger charge is 2.23. The number of hydrogen-bond donors (Lipinski definition) is 1. The van der Waals surface area contributed by atoms with Gasteiger partial charge in [-0.1, -0.05) is 17.7 Å². The van der Waals surface area contributed by atoms with Gasteiger partial charge < -0.3 is 9.80 Å². The number of hydrogen-bond acceptors (Lipinski definition) is 4. The third kappa shape index (κ3) is 2.60. The van der Waals surface area contributed by atoms with Gasteiger partial charge in [-0.05, 0) is 18.2 Å². The zero-order valence-corrected chi connectivity index (χ0v) is 11.5. The summed E-state index contributed by atoms with van der Waals surface area (Å²) in [5, 5.41) is 10.7. The molecule has 104 valence electrons. The summed E-state index contributed by atoms with van der Waals surface area (Å²) in [5.74, 6) is -0.0792. The summed E-state index contributed by atoms with van der Waals surface area (Å²) in [6.07, 6.45) is 1.45. The van der Waals surface area contributed by atoms with Crippen molar-refractivity contribution >= 4 is 23.2 Å². The number of benzene rings is 1. The second kappa shape index (κ2) is 5.50. The van der Waals surface area contributed by atoms with Crippen LogP contribution in [0.15, 0.2) is 30.5 Å². The van der Waals surface area contributed by atoms with E-state index in [0.29, 0.717) is 18.8 Å². The summed E-state index contributed by atoms with van der Waals surface area (Å²) in [4.78, 5) is 16.1. The lowest BCUT2D eigenvalue weighted by molar-refractivity contribution is 0.0741. The molecule has 0 aliphatic carbocycles. The first-order valence-electron chi connectivity index (χ1n) is 6.39. The van der Waals surface area contributed by atoms with Crippen molar-refractivity contribution in [2.45, 2.75) is 0 Å². The second-order valence-electron chi connectivity index (χ2n) is 4.61. The van der Waals surface area contributed by atoms with Gasteiger partial charge in [-0.15, -0.1) is 0 Å². The molecule has 1 amide bonds. The van der Waals surface area contributed by atoms with Crippen LogP contribution in [-0.4, -0.2) is 52.4 Å². The SMILES string of the molecule is O=C(c1cn[nH]n1)N1CCN(c2cccc(Cl)c2)CC1. The van der Waals surface area contributed by atoms with Crippen molar-refractivity contribution in [1.82, 2.24) is 20.3 Å². The van der Waals surface area contributed by atoms with Crippen LogP contribution in [0.3, 0.4) is 0 Å². The zero-order chi connectivity index (χ0) is 13.9. The number of aromatic nitrogens is 3. The van der Waals surface area contributed by atoms with E-state index in [9.17, 15) is 4.79 Å². The van der Waals surface area contributed by atoms with E-state index in [0.717, 1.165) is 23.8 Å². The molecule has 1 aromatic carbocycles. The summed E-state index contributed by atoms with van der Waals surface area (Å²) in [6, 6.07) is 7.76. The van der Waals surface area contributed by atoms with Gasteiger partial charge in [-0.3, -0.25) is 4.79 Å². The molecule has 0 bridgehead atoms. The van der Waals surface area contributed by atoms with Crippen LogP contribution in [0.1, 0.15) is 10.5 Å². The van der Waals surface area contributed by atoms with Crippen molar-refractivity contribution in [2.75, 3.05) is 31.1 Å². The van der Waals surface area contributed by atoms with Gasteiger partial charge in [-0.2, -0.15) is 15.4 Å². The minimum atomic E-state index is -0.0792. The highest BCUT2D eigenvalue weighted by molar-refractivity contribution is 6.30. The molecule has 1 fully saturated rings. The van der Waals surface area contributed by atoms with Crippen LogP contribution in [0.2, 0.25) is 5.02 Å². The Balaban J connectivity index is 1.64. The average Bonchev–Trinajstić information content (AvgIpc) is 3.01.